The van der Waals surface area contributed by atoms with E-state index in [-0.39, 0.29) is 17.8 Å². The van der Waals surface area contributed by atoms with Gasteiger partial charge < -0.3 is 14.4 Å². The maximum atomic E-state index is 12.1. The molecular weight excluding hydrogens is 280 g/mol. The van der Waals surface area contributed by atoms with Crippen molar-refractivity contribution in [1.29, 1.82) is 0 Å². The molecule has 3 fully saturated rings. The molecule has 22 heavy (non-hydrogen) atoms. The van der Waals surface area contributed by atoms with Crippen LogP contribution in [0.25, 0.3) is 0 Å². The minimum atomic E-state index is -0.144. The van der Waals surface area contributed by atoms with Gasteiger partial charge in [-0.25, -0.2) is 4.79 Å². The predicted molar refractivity (Wildman–Crippen MR) is 80.4 cm³/mol. The maximum Gasteiger partial charge on any atom is 0.410 e. The molecule has 0 unspecified atom stereocenters. The van der Waals surface area contributed by atoms with E-state index in [2.05, 4.69) is 4.98 Å². The molecule has 1 amide bonds. The van der Waals surface area contributed by atoms with E-state index in [1.54, 1.807) is 0 Å². The van der Waals surface area contributed by atoms with E-state index in [0.29, 0.717) is 5.92 Å². The highest BCUT2D eigenvalue weighted by atomic mass is 16.6. The third-order valence-corrected chi connectivity index (χ3v) is 5.10. The maximum absolute atomic E-state index is 12.1. The van der Waals surface area contributed by atoms with Gasteiger partial charge in [0, 0.05) is 25.0 Å². The summed E-state index contributed by atoms with van der Waals surface area (Å²) in [5, 5.41) is 0. The molecule has 1 spiro atoms. The minimum absolute atomic E-state index is 0.0807. The average molecular weight is 302 g/mol. The van der Waals surface area contributed by atoms with Gasteiger partial charge in [-0.05, 0) is 50.2 Å². The Bertz CT molecular complexity index is 528. The quantitative estimate of drug-likeness (QED) is 0.805. The summed E-state index contributed by atoms with van der Waals surface area (Å²) in [6.07, 6.45) is 6.65. The highest BCUT2D eigenvalue weighted by Gasteiger charge is 2.47. The number of aromatic nitrogens is 1. The van der Waals surface area contributed by atoms with Crippen molar-refractivity contribution in [3.05, 3.63) is 30.1 Å². The van der Waals surface area contributed by atoms with Gasteiger partial charge in [-0.3, -0.25) is 4.98 Å². The van der Waals surface area contributed by atoms with Crippen LogP contribution in [0.5, 0.6) is 0 Å². The molecule has 0 N–H and O–H groups in total. The number of hydrogen-bond donors (Lipinski definition) is 0. The highest BCUT2D eigenvalue weighted by molar-refractivity contribution is 5.68. The lowest BCUT2D eigenvalue weighted by Gasteiger charge is -2.39. The van der Waals surface area contributed by atoms with Crippen LogP contribution in [0, 0.1) is 5.92 Å². The number of epoxide rings is 1. The molecule has 3 heterocycles. The average Bonchev–Trinajstić information content (AvgIpc) is 3.26. The van der Waals surface area contributed by atoms with Crippen molar-refractivity contribution < 1.29 is 14.3 Å². The molecule has 4 rings (SSSR count). The summed E-state index contributed by atoms with van der Waals surface area (Å²) in [5.41, 5.74) is 1.26. The third kappa shape index (κ3) is 2.95. The summed E-state index contributed by atoms with van der Waals surface area (Å²) in [6.45, 7) is 2.47. The fraction of sp³-hybridized carbons (Fsp3) is 0.647. The normalized spacial score (nSPS) is 30.9. The summed E-state index contributed by atoms with van der Waals surface area (Å²) < 4.78 is 11.1. The number of nitrogens with zero attached hydrogens (tertiary/aromatic N) is 2. The van der Waals surface area contributed by atoms with Crippen LogP contribution >= 0.6 is 0 Å². The number of amides is 1. The second-order valence-electron chi connectivity index (χ2n) is 6.85. The van der Waals surface area contributed by atoms with Crippen molar-refractivity contribution >= 4 is 6.09 Å². The van der Waals surface area contributed by atoms with Gasteiger partial charge in [0.25, 0.3) is 0 Å². The fourth-order valence-corrected chi connectivity index (χ4v) is 3.51. The molecule has 118 valence electrons. The molecule has 1 aromatic heterocycles. The predicted octanol–water partition coefficient (Wildman–Crippen LogP) is 2.40. The van der Waals surface area contributed by atoms with E-state index in [9.17, 15) is 4.79 Å². The monoisotopic (exact) mass is 302 g/mol. The molecule has 2 aliphatic heterocycles. The van der Waals surface area contributed by atoms with E-state index < -0.39 is 0 Å². The zero-order valence-electron chi connectivity index (χ0n) is 12.7. The minimum Gasteiger partial charge on any atom is -0.446 e. The van der Waals surface area contributed by atoms with Crippen LogP contribution in [0.2, 0.25) is 0 Å². The van der Waals surface area contributed by atoms with Crippen LogP contribution in [0.1, 0.15) is 31.4 Å². The molecule has 3 aliphatic rings. The molecule has 1 aliphatic carbocycles. The van der Waals surface area contributed by atoms with Gasteiger partial charge in [-0.2, -0.15) is 0 Å². The Hall–Kier alpha value is -1.62. The Morgan fingerprint density at radius 2 is 2.14 bits per heavy atom. The van der Waals surface area contributed by atoms with Crippen molar-refractivity contribution in [2.45, 2.75) is 43.8 Å². The van der Waals surface area contributed by atoms with Gasteiger partial charge in [-0.1, -0.05) is 6.07 Å². The van der Waals surface area contributed by atoms with Crippen LogP contribution in [-0.2, 0) is 15.9 Å². The first-order valence-electron chi connectivity index (χ1n) is 8.22. The first-order chi connectivity index (χ1) is 10.7. The molecule has 0 radical (unpaired) electrons. The third-order valence-electron chi connectivity index (χ3n) is 5.10. The standard InChI is InChI=1S/C17H22N2O3/c20-16(22-15-4-6-17(7-5-15)12-21-17)19-10-13(11-19)9-14-3-1-2-8-18-14/h1-3,8,13,15H,4-7,9-12H2. The van der Waals surface area contributed by atoms with Crippen LogP contribution in [0.4, 0.5) is 4.79 Å². The smallest absolute Gasteiger partial charge is 0.410 e. The van der Waals surface area contributed by atoms with E-state index in [1.807, 2.05) is 29.3 Å². The molecule has 5 heteroatoms. The van der Waals surface area contributed by atoms with Gasteiger partial charge in [0.1, 0.15) is 6.10 Å². The molecule has 2 saturated heterocycles. The highest BCUT2D eigenvalue weighted by Crippen LogP contribution is 2.42. The van der Waals surface area contributed by atoms with Gasteiger partial charge >= 0.3 is 6.09 Å². The zero-order valence-corrected chi connectivity index (χ0v) is 12.7. The Kier molecular flexibility index (Phi) is 3.53. The largest absolute Gasteiger partial charge is 0.446 e. The Labute approximate surface area is 130 Å². The SMILES string of the molecule is O=C(OC1CCC2(CC1)CO2)N1CC(Cc2ccccn2)C1. The van der Waals surface area contributed by atoms with Crippen LogP contribution in [-0.4, -0.2) is 47.4 Å². The summed E-state index contributed by atoms with van der Waals surface area (Å²) in [6, 6.07) is 5.97. The van der Waals surface area contributed by atoms with Crippen LogP contribution < -0.4 is 0 Å². The van der Waals surface area contributed by atoms with E-state index in [0.717, 1.165) is 57.5 Å². The first-order valence-corrected chi connectivity index (χ1v) is 8.22. The molecular formula is C17H22N2O3. The lowest BCUT2D eigenvalue weighted by molar-refractivity contribution is 0.00753. The van der Waals surface area contributed by atoms with Gasteiger partial charge in [-0.15, -0.1) is 0 Å². The summed E-state index contributed by atoms with van der Waals surface area (Å²) in [7, 11) is 0. The molecule has 0 aromatic carbocycles. The first kappa shape index (κ1) is 14.0. The lowest BCUT2D eigenvalue weighted by Crippen LogP contribution is -2.51. The lowest BCUT2D eigenvalue weighted by atomic mass is 9.88. The number of rotatable bonds is 3. The van der Waals surface area contributed by atoms with Gasteiger partial charge in [0.2, 0.25) is 0 Å². The molecule has 5 nitrogen and oxygen atoms in total. The summed E-state index contributed by atoms with van der Waals surface area (Å²) in [4.78, 5) is 18.3. The van der Waals surface area contributed by atoms with Crippen LogP contribution in [0.3, 0.4) is 0 Å². The molecule has 1 saturated carbocycles. The molecule has 0 atom stereocenters. The van der Waals surface area contributed by atoms with Crippen molar-refractivity contribution in [2.24, 2.45) is 5.92 Å². The van der Waals surface area contributed by atoms with Gasteiger partial charge in [0.05, 0.1) is 12.2 Å². The fourth-order valence-electron chi connectivity index (χ4n) is 3.51. The number of ether oxygens (including phenoxy) is 2. The second-order valence-corrected chi connectivity index (χ2v) is 6.85. The number of likely N-dealkylation sites (tertiary alicyclic amines) is 1. The van der Waals surface area contributed by atoms with Crippen molar-refractivity contribution in [1.82, 2.24) is 9.88 Å². The number of carbonyl (C=O) groups is 1. The van der Waals surface area contributed by atoms with Crippen LogP contribution in [0.15, 0.2) is 24.4 Å². The summed E-state index contributed by atoms with van der Waals surface area (Å²) in [5.74, 6) is 0.511. The number of hydrogen-bond acceptors (Lipinski definition) is 4. The van der Waals surface area contributed by atoms with E-state index in [4.69, 9.17) is 9.47 Å². The molecule has 1 aromatic rings. The zero-order chi connectivity index (χ0) is 15.0. The second kappa shape index (κ2) is 5.54. The van der Waals surface area contributed by atoms with Gasteiger partial charge in [0.15, 0.2) is 0 Å². The topological polar surface area (TPSA) is 55.0 Å². The van der Waals surface area contributed by atoms with Crippen molar-refractivity contribution in [2.75, 3.05) is 19.7 Å². The Morgan fingerprint density at radius 1 is 1.36 bits per heavy atom. The number of carbonyl (C=O) groups excluding carboxylic acids is 1. The molecule has 0 bridgehead atoms. The number of pyridine rings is 1. The van der Waals surface area contributed by atoms with E-state index >= 15 is 0 Å². The van der Waals surface area contributed by atoms with Crippen molar-refractivity contribution in [3.63, 3.8) is 0 Å². The Morgan fingerprint density at radius 3 is 2.77 bits per heavy atom. The van der Waals surface area contributed by atoms with Crippen molar-refractivity contribution in [3.8, 4) is 0 Å². The van der Waals surface area contributed by atoms with E-state index in [1.165, 1.54) is 0 Å². The Balaban J connectivity index is 1.19. The summed E-state index contributed by atoms with van der Waals surface area (Å²) >= 11 is 0.